The molecule has 0 radical (unpaired) electrons. The summed E-state index contributed by atoms with van der Waals surface area (Å²) in [5.74, 6) is 1.25. The smallest absolute Gasteiger partial charge is 0.351 e. The van der Waals surface area contributed by atoms with Gasteiger partial charge in [0.05, 0.1) is 18.5 Å². The molecule has 0 amide bonds. The van der Waals surface area contributed by atoms with Crippen LogP contribution >= 0.6 is 0 Å². The predicted molar refractivity (Wildman–Crippen MR) is 86.1 cm³/mol. The number of anilines is 2. The predicted octanol–water partition coefficient (Wildman–Crippen LogP) is 0.358. The SMILES string of the molecule is COC1C(O)[C@@H](CO)O[C@H]1n1cc2c(nc1=O)Nc1ccccc1O2. The highest BCUT2D eigenvalue weighted by atomic mass is 16.6. The van der Waals surface area contributed by atoms with Crippen LogP contribution in [0.15, 0.2) is 35.3 Å². The summed E-state index contributed by atoms with van der Waals surface area (Å²) in [6.45, 7) is -0.393. The normalized spacial score (nSPS) is 27.2. The van der Waals surface area contributed by atoms with E-state index < -0.39 is 36.8 Å². The highest BCUT2D eigenvalue weighted by Gasteiger charge is 2.45. The van der Waals surface area contributed by atoms with Crippen molar-refractivity contribution in [2.24, 2.45) is 0 Å². The number of nitrogens with zero attached hydrogens (tertiary/aromatic N) is 2. The first-order chi connectivity index (χ1) is 12.1. The van der Waals surface area contributed by atoms with Crippen molar-refractivity contribution in [1.29, 1.82) is 0 Å². The van der Waals surface area contributed by atoms with Crippen molar-refractivity contribution in [3.05, 3.63) is 40.9 Å². The van der Waals surface area contributed by atoms with Gasteiger partial charge in [-0.3, -0.25) is 4.57 Å². The molecule has 0 saturated carbocycles. The molecule has 9 heteroatoms. The highest BCUT2D eigenvalue weighted by molar-refractivity contribution is 5.72. The maximum Gasteiger partial charge on any atom is 0.351 e. The third-order valence-corrected chi connectivity index (χ3v) is 4.32. The number of aromatic nitrogens is 2. The first-order valence-corrected chi connectivity index (χ1v) is 7.76. The third-order valence-electron chi connectivity index (χ3n) is 4.32. The van der Waals surface area contributed by atoms with Crippen molar-refractivity contribution in [2.75, 3.05) is 19.0 Å². The Kier molecular flexibility index (Phi) is 3.92. The molecule has 1 aromatic carbocycles. The lowest BCUT2D eigenvalue weighted by Crippen LogP contribution is -2.37. The monoisotopic (exact) mass is 347 g/mol. The summed E-state index contributed by atoms with van der Waals surface area (Å²) in [5, 5.41) is 22.5. The van der Waals surface area contributed by atoms with Crippen LogP contribution in [0.25, 0.3) is 0 Å². The second-order valence-corrected chi connectivity index (χ2v) is 5.81. The van der Waals surface area contributed by atoms with E-state index in [-0.39, 0.29) is 0 Å². The van der Waals surface area contributed by atoms with Gasteiger partial charge in [-0.2, -0.15) is 4.98 Å². The van der Waals surface area contributed by atoms with Gasteiger partial charge in [0.25, 0.3) is 0 Å². The standard InChI is InChI=1S/C16H17N3O6/c1-23-13-12(21)11(7-20)25-15(13)19-6-10-14(18-16(19)22)17-8-4-2-3-5-9(8)24-10/h2-6,11-13,15,20-21H,7H2,1H3,(H,17,18,22)/t11-,12?,13?,15-/m1/s1. The van der Waals surface area contributed by atoms with Gasteiger partial charge < -0.3 is 29.7 Å². The molecule has 0 spiro atoms. The fourth-order valence-corrected chi connectivity index (χ4v) is 3.05. The van der Waals surface area contributed by atoms with E-state index in [9.17, 15) is 15.0 Å². The minimum absolute atomic E-state index is 0.297. The third kappa shape index (κ3) is 2.57. The molecule has 1 aromatic heterocycles. The number of hydrogen-bond donors (Lipinski definition) is 3. The van der Waals surface area contributed by atoms with Gasteiger partial charge in [-0.15, -0.1) is 0 Å². The Morgan fingerprint density at radius 1 is 1.36 bits per heavy atom. The van der Waals surface area contributed by atoms with E-state index in [0.717, 1.165) is 0 Å². The molecule has 1 fully saturated rings. The average molecular weight is 347 g/mol. The topological polar surface area (TPSA) is 115 Å². The van der Waals surface area contributed by atoms with E-state index in [1.807, 2.05) is 18.2 Å². The summed E-state index contributed by atoms with van der Waals surface area (Å²) in [7, 11) is 1.40. The molecule has 3 N–H and O–H groups in total. The number of para-hydroxylation sites is 2. The molecule has 1 saturated heterocycles. The van der Waals surface area contributed by atoms with Crippen LogP contribution in [0.3, 0.4) is 0 Å². The second-order valence-electron chi connectivity index (χ2n) is 5.81. The number of fused-ring (bicyclic) bond motifs is 2. The fourth-order valence-electron chi connectivity index (χ4n) is 3.05. The number of methoxy groups -OCH3 is 1. The Hall–Kier alpha value is -2.46. The van der Waals surface area contributed by atoms with Crippen molar-refractivity contribution in [2.45, 2.75) is 24.5 Å². The van der Waals surface area contributed by atoms with Crippen LogP contribution < -0.4 is 15.7 Å². The molecule has 2 aliphatic heterocycles. The molecule has 2 aromatic rings. The van der Waals surface area contributed by atoms with E-state index in [2.05, 4.69) is 10.3 Å². The van der Waals surface area contributed by atoms with Gasteiger partial charge in [0.15, 0.2) is 23.5 Å². The lowest BCUT2D eigenvalue weighted by molar-refractivity contribution is -0.0626. The maximum absolute atomic E-state index is 12.4. The van der Waals surface area contributed by atoms with E-state index >= 15 is 0 Å². The average Bonchev–Trinajstić information content (AvgIpc) is 2.95. The fraction of sp³-hybridized carbons (Fsp3) is 0.375. The van der Waals surface area contributed by atoms with Crippen molar-refractivity contribution in [3.8, 4) is 11.5 Å². The second kappa shape index (κ2) is 6.12. The van der Waals surface area contributed by atoms with E-state index in [4.69, 9.17) is 14.2 Å². The summed E-state index contributed by atoms with van der Waals surface area (Å²) < 4.78 is 17.8. The molecule has 132 valence electrons. The van der Waals surface area contributed by atoms with Crippen molar-refractivity contribution in [3.63, 3.8) is 0 Å². The number of nitrogens with one attached hydrogen (secondary N) is 1. The summed E-state index contributed by atoms with van der Waals surface area (Å²) >= 11 is 0. The summed E-state index contributed by atoms with van der Waals surface area (Å²) in [6.07, 6.45) is -2.21. The van der Waals surface area contributed by atoms with Gasteiger partial charge in [-0.1, -0.05) is 12.1 Å². The summed E-state index contributed by atoms with van der Waals surface area (Å²) in [6, 6.07) is 7.27. The number of benzene rings is 1. The van der Waals surface area contributed by atoms with Crippen LogP contribution in [-0.2, 0) is 9.47 Å². The molecular formula is C16H17N3O6. The molecule has 2 unspecified atom stereocenters. The molecular weight excluding hydrogens is 330 g/mol. The first kappa shape index (κ1) is 16.0. The molecule has 3 heterocycles. The zero-order valence-electron chi connectivity index (χ0n) is 13.3. The van der Waals surface area contributed by atoms with E-state index in [1.54, 1.807) is 6.07 Å². The Morgan fingerprint density at radius 2 is 2.16 bits per heavy atom. The first-order valence-electron chi connectivity index (χ1n) is 7.76. The Bertz CT molecular complexity index is 854. The number of aliphatic hydroxyl groups is 2. The lowest BCUT2D eigenvalue weighted by atomic mass is 10.1. The molecule has 0 bridgehead atoms. The van der Waals surface area contributed by atoms with E-state index in [0.29, 0.717) is 23.0 Å². The zero-order valence-corrected chi connectivity index (χ0v) is 13.3. The van der Waals surface area contributed by atoms with Crippen molar-refractivity contribution >= 4 is 11.5 Å². The van der Waals surface area contributed by atoms with Gasteiger partial charge >= 0.3 is 5.69 Å². The van der Waals surface area contributed by atoms with Gasteiger partial charge in [0, 0.05) is 7.11 Å². The van der Waals surface area contributed by atoms with Crippen LogP contribution in [0.1, 0.15) is 6.23 Å². The van der Waals surface area contributed by atoms with Crippen molar-refractivity contribution < 1.29 is 24.4 Å². The maximum atomic E-state index is 12.4. The zero-order chi connectivity index (χ0) is 17.6. The van der Waals surface area contributed by atoms with Crippen LogP contribution in [0.4, 0.5) is 11.5 Å². The lowest BCUT2D eigenvalue weighted by Gasteiger charge is -2.24. The van der Waals surface area contributed by atoms with Crippen LogP contribution in [-0.4, -0.2) is 51.8 Å². The molecule has 9 nitrogen and oxygen atoms in total. The minimum atomic E-state index is -1.07. The van der Waals surface area contributed by atoms with Crippen LogP contribution in [0.2, 0.25) is 0 Å². The van der Waals surface area contributed by atoms with Crippen molar-refractivity contribution in [1.82, 2.24) is 9.55 Å². The number of rotatable bonds is 3. The highest BCUT2D eigenvalue weighted by Crippen LogP contribution is 2.40. The summed E-state index contributed by atoms with van der Waals surface area (Å²) in [4.78, 5) is 16.4. The number of aliphatic hydroxyl groups excluding tert-OH is 2. The minimum Gasteiger partial charge on any atom is -0.450 e. The Balaban J connectivity index is 1.72. The quantitative estimate of drug-likeness (QED) is 0.622. The summed E-state index contributed by atoms with van der Waals surface area (Å²) in [5.41, 5.74) is 0.120. The molecule has 25 heavy (non-hydrogen) atoms. The molecule has 4 atom stereocenters. The van der Waals surface area contributed by atoms with Gasteiger partial charge in [0.2, 0.25) is 0 Å². The van der Waals surface area contributed by atoms with E-state index in [1.165, 1.54) is 17.9 Å². The molecule has 0 aliphatic carbocycles. The number of hydrogen-bond acceptors (Lipinski definition) is 8. The largest absolute Gasteiger partial charge is 0.450 e. The van der Waals surface area contributed by atoms with Gasteiger partial charge in [-0.25, -0.2) is 4.79 Å². The van der Waals surface area contributed by atoms with Gasteiger partial charge in [0.1, 0.15) is 18.3 Å². The van der Waals surface area contributed by atoms with Crippen LogP contribution in [0, 0.1) is 0 Å². The van der Waals surface area contributed by atoms with Crippen LogP contribution in [0.5, 0.6) is 11.5 Å². The number of ether oxygens (including phenoxy) is 3. The Labute approximate surface area is 142 Å². The molecule has 2 aliphatic rings. The molecule has 4 rings (SSSR count). The Morgan fingerprint density at radius 3 is 2.92 bits per heavy atom. The van der Waals surface area contributed by atoms with Gasteiger partial charge in [-0.05, 0) is 12.1 Å².